The van der Waals surface area contributed by atoms with Crippen LogP contribution in [-0.2, 0) is 16.7 Å². The average molecular weight is 568 g/mol. The first kappa shape index (κ1) is 26.6. The number of carbonyl (C=O) groups is 1. The molecule has 3 aromatic rings. The van der Waals surface area contributed by atoms with Gasteiger partial charge in [0.25, 0.3) is 5.91 Å². The summed E-state index contributed by atoms with van der Waals surface area (Å²) in [5.41, 5.74) is -0.102. The van der Waals surface area contributed by atoms with Gasteiger partial charge >= 0.3 is 6.18 Å². The van der Waals surface area contributed by atoms with E-state index in [-0.39, 0.29) is 28.4 Å². The number of amides is 1. The van der Waals surface area contributed by atoms with Crippen LogP contribution in [0.1, 0.15) is 22.0 Å². The Kier molecular flexibility index (Phi) is 8.01. The Morgan fingerprint density at radius 1 is 0.974 bits per heavy atom. The minimum absolute atomic E-state index is 0.0131. The molecule has 2 fully saturated rings. The van der Waals surface area contributed by atoms with Crippen LogP contribution in [0.25, 0.3) is 0 Å². The van der Waals surface area contributed by atoms with Crippen LogP contribution in [0.4, 0.5) is 24.7 Å². The van der Waals surface area contributed by atoms with Crippen LogP contribution in [0.2, 0.25) is 5.02 Å². The lowest BCUT2D eigenvalue weighted by atomic mass is 10.2. The molecule has 1 aromatic carbocycles. The van der Waals surface area contributed by atoms with Crippen LogP contribution in [-0.4, -0.2) is 73.3 Å². The molecule has 0 saturated carbocycles. The van der Waals surface area contributed by atoms with Gasteiger partial charge in [-0.25, -0.2) is 9.97 Å². The third-order valence-electron chi connectivity index (χ3n) is 6.29. The summed E-state index contributed by atoms with van der Waals surface area (Å²) in [7, 11) is 0. The highest BCUT2D eigenvalue weighted by Gasteiger charge is 2.35. The molecule has 0 radical (unpaired) electrons. The number of halogens is 4. The topological polar surface area (TPSA) is 74.9 Å². The van der Waals surface area contributed by atoms with E-state index in [0.717, 1.165) is 23.5 Å². The highest BCUT2D eigenvalue weighted by Crippen LogP contribution is 2.33. The van der Waals surface area contributed by atoms with E-state index in [1.54, 1.807) is 17.0 Å². The van der Waals surface area contributed by atoms with Gasteiger partial charge in [-0.2, -0.15) is 13.2 Å². The summed E-state index contributed by atoms with van der Waals surface area (Å²) >= 11 is 7.34. The zero-order valence-electron chi connectivity index (χ0n) is 20.3. The van der Waals surface area contributed by atoms with Crippen molar-refractivity contribution in [2.45, 2.75) is 17.1 Å². The Morgan fingerprint density at radius 3 is 2.39 bits per heavy atom. The van der Waals surface area contributed by atoms with Crippen molar-refractivity contribution in [3.8, 4) is 0 Å². The minimum Gasteiger partial charge on any atom is -0.455 e. The lowest BCUT2D eigenvalue weighted by molar-refractivity contribution is -0.141. The molecular weight excluding hydrogens is 543 g/mol. The smallest absolute Gasteiger partial charge is 0.433 e. The van der Waals surface area contributed by atoms with Crippen LogP contribution >= 0.6 is 23.4 Å². The summed E-state index contributed by atoms with van der Waals surface area (Å²) in [5, 5.41) is 0.620. The van der Waals surface area contributed by atoms with E-state index < -0.39 is 11.9 Å². The Bertz CT molecular complexity index is 1280. The van der Waals surface area contributed by atoms with Gasteiger partial charge in [-0.1, -0.05) is 35.5 Å². The highest BCUT2D eigenvalue weighted by molar-refractivity contribution is 7.98. The largest absolute Gasteiger partial charge is 0.455 e. The van der Waals surface area contributed by atoms with Gasteiger partial charge in [0.1, 0.15) is 11.6 Å². The molecule has 0 unspecified atom stereocenters. The van der Waals surface area contributed by atoms with E-state index in [9.17, 15) is 18.0 Å². The van der Waals surface area contributed by atoms with Gasteiger partial charge in [0.2, 0.25) is 0 Å². The zero-order valence-corrected chi connectivity index (χ0v) is 21.9. The number of para-hydroxylation sites is 1. The molecule has 0 bridgehead atoms. The molecule has 2 aliphatic rings. The number of furan rings is 1. The summed E-state index contributed by atoms with van der Waals surface area (Å²) in [6.07, 6.45) is -4.62. The van der Waals surface area contributed by atoms with Gasteiger partial charge in [0, 0.05) is 45.3 Å². The van der Waals surface area contributed by atoms with Crippen molar-refractivity contribution < 1.29 is 27.1 Å². The van der Waals surface area contributed by atoms with Gasteiger partial charge < -0.3 is 23.9 Å². The number of thioether (sulfide) groups is 1. The van der Waals surface area contributed by atoms with Crippen molar-refractivity contribution in [3.05, 3.63) is 64.7 Å². The number of ether oxygens (including phenoxy) is 1. The molecule has 4 heterocycles. The molecule has 0 aliphatic carbocycles. The number of alkyl halides is 3. The second-order valence-corrected chi connectivity index (χ2v) is 10.1. The first-order valence-electron chi connectivity index (χ1n) is 12.1. The van der Waals surface area contributed by atoms with Crippen LogP contribution < -0.4 is 9.80 Å². The van der Waals surface area contributed by atoms with E-state index in [4.69, 9.17) is 20.8 Å². The third kappa shape index (κ3) is 6.19. The maximum Gasteiger partial charge on any atom is 0.433 e. The zero-order chi connectivity index (χ0) is 26.7. The Morgan fingerprint density at radius 2 is 1.68 bits per heavy atom. The second kappa shape index (κ2) is 11.4. The van der Waals surface area contributed by atoms with Gasteiger partial charge in [-0.3, -0.25) is 4.79 Å². The number of morpholine rings is 1. The van der Waals surface area contributed by atoms with Crippen molar-refractivity contribution in [2.24, 2.45) is 0 Å². The molecule has 2 aromatic heterocycles. The quantitative estimate of drug-likeness (QED) is 0.310. The van der Waals surface area contributed by atoms with E-state index >= 15 is 0 Å². The first-order valence-corrected chi connectivity index (χ1v) is 13.4. The standard InChI is InChI=1S/C25H25ClF3N5O3S/c26-18-3-1-2-4-19(18)32-7-9-33(10-8-32)22-15-21(25(27,28)29)30-24(31-22)38-16-17-5-6-20(37-17)23(35)34-11-13-36-14-12-34/h1-6,15H,7-14,16H2. The lowest BCUT2D eigenvalue weighted by Gasteiger charge is -2.37. The Hall–Kier alpha value is -2.96. The lowest BCUT2D eigenvalue weighted by Crippen LogP contribution is -2.47. The summed E-state index contributed by atoms with van der Waals surface area (Å²) in [6.45, 7) is 4.05. The number of hydrogen-bond donors (Lipinski definition) is 0. The molecular formula is C25H25ClF3N5O3S. The predicted molar refractivity (Wildman–Crippen MR) is 138 cm³/mol. The molecule has 38 heavy (non-hydrogen) atoms. The first-order chi connectivity index (χ1) is 18.3. The molecule has 13 heteroatoms. The molecule has 2 saturated heterocycles. The molecule has 0 spiro atoms. The van der Waals surface area contributed by atoms with E-state index in [1.807, 2.05) is 29.2 Å². The maximum atomic E-state index is 13.7. The third-order valence-corrected chi connectivity index (χ3v) is 7.48. The fourth-order valence-electron chi connectivity index (χ4n) is 4.30. The summed E-state index contributed by atoms with van der Waals surface area (Å²) in [4.78, 5) is 26.3. The van der Waals surface area contributed by atoms with Gasteiger partial charge in [-0.15, -0.1) is 0 Å². The summed E-state index contributed by atoms with van der Waals surface area (Å²) < 4.78 is 51.9. The highest BCUT2D eigenvalue weighted by atomic mass is 35.5. The number of anilines is 2. The van der Waals surface area contributed by atoms with Crippen LogP contribution in [0.15, 0.2) is 52.0 Å². The number of aromatic nitrogens is 2. The van der Waals surface area contributed by atoms with E-state index in [0.29, 0.717) is 63.3 Å². The number of nitrogens with zero attached hydrogens (tertiary/aromatic N) is 5. The summed E-state index contributed by atoms with van der Waals surface area (Å²) in [6, 6.07) is 11.7. The average Bonchev–Trinajstić information content (AvgIpc) is 3.41. The van der Waals surface area contributed by atoms with Gasteiger partial charge in [-0.05, 0) is 24.3 Å². The molecule has 0 N–H and O–H groups in total. The van der Waals surface area contributed by atoms with Crippen LogP contribution in [0.3, 0.4) is 0 Å². The van der Waals surface area contributed by atoms with Crippen molar-refractivity contribution in [2.75, 3.05) is 62.3 Å². The van der Waals surface area contributed by atoms with Crippen molar-refractivity contribution in [1.29, 1.82) is 0 Å². The molecule has 1 amide bonds. The van der Waals surface area contributed by atoms with Gasteiger partial charge in [0.15, 0.2) is 16.6 Å². The van der Waals surface area contributed by atoms with Crippen molar-refractivity contribution >= 4 is 40.8 Å². The number of carbonyl (C=O) groups excluding carboxylic acids is 1. The van der Waals surface area contributed by atoms with Gasteiger partial charge in [0.05, 0.1) is 29.7 Å². The fraction of sp³-hybridized carbons (Fsp3) is 0.400. The number of rotatable bonds is 6. The Labute approximate surface area is 226 Å². The molecule has 202 valence electrons. The maximum absolute atomic E-state index is 13.7. The molecule has 8 nitrogen and oxygen atoms in total. The van der Waals surface area contributed by atoms with Crippen molar-refractivity contribution in [1.82, 2.24) is 14.9 Å². The van der Waals surface area contributed by atoms with Crippen LogP contribution in [0, 0.1) is 0 Å². The predicted octanol–water partition coefficient (Wildman–Crippen LogP) is 4.83. The van der Waals surface area contributed by atoms with E-state index in [1.165, 1.54) is 0 Å². The second-order valence-electron chi connectivity index (χ2n) is 8.78. The SMILES string of the molecule is O=C(c1ccc(CSc2nc(N3CCN(c4ccccc4Cl)CC3)cc(C(F)(F)F)n2)o1)N1CCOCC1. The molecule has 0 atom stereocenters. The molecule has 2 aliphatic heterocycles. The van der Waals surface area contributed by atoms with Crippen molar-refractivity contribution in [3.63, 3.8) is 0 Å². The summed E-state index contributed by atoms with van der Waals surface area (Å²) in [5.74, 6) is 0.790. The van der Waals surface area contributed by atoms with E-state index in [2.05, 4.69) is 14.9 Å². The molecule has 5 rings (SSSR count). The number of piperazine rings is 1. The monoisotopic (exact) mass is 567 g/mol. The normalized spacial score (nSPS) is 16.7. The number of benzene rings is 1. The van der Waals surface area contributed by atoms with Crippen LogP contribution in [0.5, 0.6) is 0 Å². The Balaban J connectivity index is 1.27. The fourth-order valence-corrected chi connectivity index (χ4v) is 5.30. The number of hydrogen-bond acceptors (Lipinski definition) is 8. The minimum atomic E-state index is -4.62.